The average Bonchev–Trinajstić information content (AvgIpc) is 3.26. The van der Waals surface area contributed by atoms with Gasteiger partial charge in [-0.15, -0.1) is 0 Å². The van der Waals surface area contributed by atoms with E-state index in [1.54, 1.807) is 0 Å². The molecule has 1 fully saturated rings. The Morgan fingerprint density at radius 3 is 2.65 bits per heavy atom. The molecule has 1 aliphatic carbocycles. The third-order valence-electron chi connectivity index (χ3n) is 3.65. The van der Waals surface area contributed by atoms with Crippen molar-refractivity contribution in [2.75, 3.05) is 31.1 Å². The second kappa shape index (κ2) is 7.29. The predicted octanol–water partition coefficient (Wildman–Crippen LogP) is 1.68. The van der Waals surface area contributed by atoms with E-state index >= 15 is 0 Å². The van der Waals surface area contributed by atoms with Gasteiger partial charge in [0.1, 0.15) is 0 Å². The number of rotatable bonds is 8. The van der Waals surface area contributed by atoms with Crippen LogP contribution in [0.5, 0.6) is 0 Å². The Kier molecular flexibility index (Phi) is 5.41. The molecule has 1 aromatic rings. The molecule has 0 heterocycles. The average molecular weight is 275 g/mol. The lowest BCUT2D eigenvalue weighted by atomic mass is 10.2. The van der Waals surface area contributed by atoms with Crippen LogP contribution in [0.2, 0.25) is 0 Å². The van der Waals surface area contributed by atoms with Crippen molar-refractivity contribution in [3.63, 3.8) is 0 Å². The van der Waals surface area contributed by atoms with Crippen LogP contribution in [0.25, 0.3) is 0 Å². The Bertz CT molecular complexity index is 426. The van der Waals surface area contributed by atoms with E-state index < -0.39 is 0 Å². The molecule has 0 atom stereocenters. The highest BCUT2D eigenvalue weighted by atomic mass is 16.2. The largest absolute Gasteiger partial charge is 0.362 e. The monoisotopic (exact) mass is 275 g/mol. The molecule has 110 valence electrons. The van der Waals surface area contributed by atoms with Crippen LogP contribution in [0.3, 0.4) is 0 Å². The Morgan fingerprint density at radius 1 is 1.35 bits per heavy atom. The molecular weight excluding hydrogens is 250 g/mol. The number of benzene rings is 1. The van der Waals surface area contributed by atoms with Crippen molar-refractivity contribution in [2.24, 2.45) is 11.7 Å². The number of aryl methyl sites for hydroxylation is 1. The van der Waals surface area contributed by atoms with Crippen LogP contribution < -0.4 is 16.0 Å². The highest BCUT2D eigenvalue weighted by molar-refractivity contribution is 5.81. The van der Waals surface area contributed by atoms with E-state index in [9.17, 15) is 4.79 Å². The number of hydrogen-bond donors (Lipinski definition) is 2. The van der Waals surface area contributed by atoms with E-state index in [4.69, 9.17) is 5.73 Å². The van der Waals surface area contributed by atoms with Crippen LogP contribution in [0, 0.1) is 12.8 Å². The standard InChI is InChI=1S/C16H25N3O/c1-13-3-7-15(8-4-13)19(10-2-9-17)12-16(20)18-11-14-5-6-14/h3-4,7-8,14H,2,5-6,9-12,17H2,1H3,(H,18,20). The number of nitrogens with zero attached hydrogens (tertiary/aromatic N) is 1. The Morgan fingerprint density at radius 2 is 2.05 bits per heavy atom. The Balaban J connectivity index is 1.91. The normalized spacial score (nSPS) is 14.1. The second-order valence-corrected chi connectivity index (χ2v) is 5.65. The molecule has 4 heteroatoms. The maximum Gasteiger partial charge on any atom is 0.239 e. The summed E-state index contributed by atoms with van der Waals surface area (Å²) in [5, 5.41) is 3.02. The van der Waals surface area contributed by atoms with E-state index in [0.717, 1.165) is 31.1 Å². The third kappa shape index (κ3) is 4.85. The zero-order valence-corrected chi connectivity index (χ0v) is 12.3. The van der Waals surface area contributed by atoms with Crippen molar-refractivity contribution >= 4 is 11.6 Å². The molecule has 0 bridgehead atoms. The summed E-state index contributed by atoms with van der Waals surface area (Å²) in [5.74, 6) is 0.824. The molecule has 0 unspecified atom stereocenters. The fourth-order valence-electron chi connectivity index (χ4n) is 2.15. The summed E-state index contributed by atoms with van der Waals surface area (Å²) in [6, 6.07) is 8.29. The van der Waals surface area contributed by atoms with E-state index in [-0.39, 0.29) is 5.91 Å². The summed E-state index contributed by atoms with van der Waals surface area (Å²) < 4.78 is 0. The SMILES string of the molecule is Cc1ccc(N(CCCN)CC(=O)NCC2CC2)cc1. The molecule has 1 aliphatic rings. The van der Waals surface area contributed by atoms with Crippen LogP contribution in [0.4, 0.5) is 5.69 Å². The number of anilines is 1. The quantitative estimate of drug-likeness (QED) is 0.759. The highest BCUT2D eigenvalue weighted by Gasteiger charge is 2.22. The molecule has 0 aromatic heterocycles. The molecule has 0 spiro atoms. The summed E-state index contributed by atoms with van der Waals surface area (Å²) in [6.07, 6.45) is 3.41. The molecule has 20 heavy (non-hydrogen) atoms. The number of nitrogens with one attached hydrogen (secondary N) is 1. The molecule has 0 radical (unpaired) electrons. The van der Waals surface area contributed by atoms with Crippen molar-refractivity contribution in [2.45, 2.75) is 26.2 Å². The van der Waals surface area contributed by atoms with Crippen LogP contribution in [0.1, 0.15) is 24.8 Å². The molecular formula is C16H25N3O. The Labute approximate surface area is 121 Å². The van der Waals surface area contributed by atoms with Gasteiger partial charge in [0.05, 0.1) is 6.54 Å². The van der Waals surface area contributed by atoms with E-state index in [0.29, 0.717) is 13.1 Å². The zero-order valence-electron chi connectivity index (χ0n) is 12.3. The number of hydrogen-bond acceptors (Lipinski definition) is 3. The first-order valence-electron chi connectivity index (χ1n) is 7.47. The minimum Gasteiger partial charge on any atom is -0.362 e. The van der Waals surface area contributed by atoms with Crippen molar-refractivity contribution in [1.82, 2.24) is 5.32 Å². The van der Waals surface area contributed by atoms with E-state index in [1.165, 1.54) is 18.4 Å². The smallest absolute Gasteiger partial charge is 0.239 e. The van der Waals surface area contributed by atoms with Gasteiger partial charge < -0.3 is 16.0 Å². The maximum absolute atomic E-state index is 12.0. The van der Waals surface area contributed by atoms with Crippen LogP contribution in [-0.4, -0.2) is 32.1 Å². The van der Waals surface area contributed by atoms with Crippen molar-refractivity contribution in [1.29, 1.82) is 0 Å². The first-order valence-corrected chi connectivity index (χ1v) is 7.47. The van der Waals surface area contributed by atoms with Gasteiger partial charge in [-0.2, -0.15) is 0 Å². The molecule has 2 rings (SSSR count). The van der Waals surface area contributed by atoms with Crippen molar-refractivity contribution in [3.05, 3.63) is 29.8 Å². The first kappa shape index (κ1) is 14.9. The minimum absolute atomic E-state index is 0.106. The minimum atomic E-state index is 0.106. The molecule has 1 aromatic carbocycles. The zero-order chi connectivity index (χ0) is 14.4. The topological polar surface area (TPSA) is 58.4 Å². The predicted molar refractivity (Wildman–Crippen MR) is 82.8 cm³/mol. The van der Waals surface area contributed by atoms with Crippen molar-refractivity contribution < 1.29 is 4.79 Å². The summed E-state index contributed by atoms with van der Waals surface area (Å²) in [7, 11) is 0. The van der Waals surface area contributed by atoms with Crippen LogP contribution in [0.15, 0.2) is 24.3 Å². The molecule has 1 amide bonds. The van der Waals surface area contributed by atoms with Gasteiger partial charge in [0.25, 0.3) is 0 Å². The van der Waals surface area contributed by atoms with Gasteiger partial charge in [-0.25, -0.2) is 0 Å². The number of amides is 1. The van der Waals surface area contributed by atoms with Gasteiger partial charge in [0.15, 0.2) is 0 Å². The van der Waals surface area contributed by atoms with Gasteiger partial charge in [0, 0.05) is 18.8 Å². The summed E-state index contributed by atoms with van der Waals surface area (Å²) in [4.78, 5) is 14.1. The number of carbonyl (C=O) groups excluding carboxylic acids is 1. The molecule has 0 aliphatic heterocycles. The van der Waals surface area contributed by atoms with Gasteiger partial charge >= 0.3 is 0 Å². The fourth-order valence-corrected chi connectivity index (χ4v) is 2.15. The maximum atomic E-state index is 12.0. The lowest BCUT2D eigenvalue weighted by Gasteiger charge is -2.24. The number of nitrogens with two attached hydrogens (primary N) is 1. The summed E-state index contributed by atoms with van der Waals surface area (Å²) >= 11 is 0. The van der Waals surface area contributed by atoms with Crippen LogP contribution in [-0.2, 0) is 4.79 Å². The Hall–Kier alpha value is -1.55. The summed E-state index contributed by atoms with van der Waals surface area (Å²) in [5.41, 5.74) is 7.91. The molecule has 0 saturated heterocycles. The summed E-state index contributed by atoms with van der Waals surface area (Å²) in [6.45, 7) is 4.77. The first-order chi connectivity index (χ1) is 9.69. The lowest BCUT2D eigenvalue weighted by molar-refractivity contribution is -0.119. The lowest BCUT2D eigenvalue weighted by Crippen LogP contribution is -2.39. The fraction of sp³-hybridized carbons (Fsp3) is 0.562. The van der Waals surface area contributed by atoms with Gasteiger partial charge in [0.2, 0.25) is 5.91 Å². The van der Waals surface area contributed by atoms with Crippen LogP contribution >= 0.6 is 0 Å². The number of carbonyl (C=O) groups is 1. The third-order valence-corrected chi connectivity index (χ3v) is 3.65. The van der Waals surface area contributed by atoms with Gasteiger partial charge in [-0.1, -0.05) is 17.7 Å². The second-order valence-electron chi connectivity index (χ2n) is 5.65. The molecule has 1 saturated carbocycles. The molecule has 4 nitrogen and oxygen atoms in total. The molecule has 3 N–H and O–H groups in total. The highest BCUT2D eigenvalue weighted by Crippen LogP contribution is 2.27. The van der Waals surface area contributed by atoms with E-state index in [2.05, 4.69) is 41.4 Å². The van der Waals surface area contributed by atoms with Gasteiger partial charge in [-0.3, -0.25) is 4.79 Å². The van der Waals surface area contributed by atoms with Crippen molar-refractivity contribution in [3.8, 4) is 0 Å². The van der Waals surface area contributed by atoms with E-state index in [1.807, 2.05) is 0 Å². The van der Waals surface area contributed by atoms with Gasteiger partial charge in [-0.05, 0) is 50.8 Å².